The van der Waals surface area contributed by atoms with Gasteiger partial charge >= 0.3 is 0 Å². The van der Waals surface area contributed by atoms with E-state index in [1.54, 1.807) is 0 Å². The minimum atomic E-state index is -0.572. The van der Waals surface area contributed by atoms with Gasteiger partial charge in [-0.25, -0.2) is 0 Å². The third kappa shape index (κ3) is 4.18. The third-order valence-corrected chi connectivity index (χ3v) is 5.03. The average Bonchev–Trinajstić information content (AvgIpc) is 2.94. The molecule has 0 aromatic carbocycles. The molecule has 122 valence electrons. The maximum Gasteiger partial charge on any atom is 0.237 e. The van der Waals surface area contributed by atoms with Gasteiger partial charge in [-0.1, -0.05) is 6.92 Å². The summed E-state index contributed by atoms with van der Waals surface area (Å²) < 4.78 is 5.84. The second-order valence-corrected chi connectivity index (χ2v) is 6.67. The van der Waals surface area contributed by atoms with E-state index in [1.165, 1.54) is 19.3 Å². The Morgan fingerprint density at radius 2 is 2.29 bits per heavy atom. The number of hydrogen-bond acceptors (Lipinski definition) is 4. The summed E-state index contributed by atoms with van der Waals surface area (Å²) in [5.41, 5.74) is 5.01. The molecule has 0 spiro atoms. The van der Waals surface area contributed by atoms with Crippen molar-refractivity contribution >= 4 is 5.91 Å². The topological polar surface area (TPSA) is 67.6 Å². The first-order valence-corrected chi connectivity index (χ1v) is 8.47. The maximum absolute atomic E-state index is 11.7. The Morgan fingerprint density at radius 3 is 3.00 bits per heavy atom. The summed E-state index contributed by atoms with van der Waals surface area (Å²) in [6.07, 6.45) is 7.00. The molecule has 3 unspecified atom stereocenters. The summed E-state index contributed by atoms with van der Waals surface area (Å²) in [5, 5.41) is 3.31. The molecule has 5 heteroatoms. The molecule has 2 fully saturated rings. The summed E-state index contributed by atoms with van der Waals surface area (Å²) in [5.74, 6) is -0.239. The summed E-state index contributed by atoms with van der Waals surface area (Å²) in [6.45, 7) is 7.78. The minimum absolute atomic E-state index is 0.239. The molecule has 0 aromatic heterocycles. The molecule has 1 amide bonds. The number of primary amides is 1. The number of morpholine rings is 1. The largest absolute Gasteiger partial charge is 0.375 e. The normalized spacial score (nSPS) is 29.0. The number of rotatable bonds is 8. The van der Waals surface area contributed by atoms with Gasteiger partial charge in [-0.2, -0.15) is 0 Å². The van der Waals surface area contributed by atoms with E-state index in [2.05, 4.69) is 17.1 Å². The quantitative estimate of drug-likeness (QED) is 0.708. The fourth-order valence-corrected chi connectivity index (χ4v) is 3.62. The Hall–Kier alpha value is -0.650. The molecule has 1 aliphatic carbocycles. The molecule has 1 saturated heterocycles. The van der Waals surface area contributed by atoms with Gasteiger partial charge in [0.15, 0.2) is 0 Å². The van der Waals surface area contributed by atoms with Gasteiger partial charge in [0.05, 0.1) is 18.2 Å². The van der Waals surface area contributed by atoms with Gasteiger partial charge in [0.25, 0.3) is 0 Å². The number of carbonyl (C=O) groups is 1. The molecule has 21 heavy (non-hydrogen) atoms. The monoisotopic (exact) mass is 297 g/mol. The molecular formula is C16H31N3O2. The van der Waals surface area contributed by atoms with E-state index in [1.807, 2.05) is 6.92 Å². The Morgan fingerprint density at radius 1 is 1.48 bits per heavy atom. The van der Waals surface area contributed by atoms with Gasteiger partial charge in [-0.05, 0) is 58.5 Å². The predicted octanol–water partition coefficient (Wildman–Crippen LogP) is 1.26. The number of hydrogen-bond donors (Lipinski definition) is 2. The highest BCUT2D eigenvalue weighted by Crippen LogP contribution is 2.30. The van der Waals surface area contributed by atoms with Crippen molar-refractivity contribution in [1.29, 1.82) is 0 Å². The number of nitrogens with two attached hydrogens (primary N) is 1. The molecule has 2 rings (SSSR count). The van der Waals surface area contributed by atoms with Crippen LogP contribution in [0.4, 0.5) is 0 Å². The molecule has 1 saturated carbocycles. The van der Waals surface area contributed by atoms with Crippen molar-refractivity contribution in [2.45, 2.75) is 70.1 Å². The van der Waals surface area contributed by atoms with E-state index in [0.29, 0.717) is 12.1 Å². The van der Waals surface area contributed by atoms with Gasteiger partial charge in [0.1, 0.15) is 0 Å². The zero-order valence-corrected chi connectivity index (χ0v) is 13.6. The highest BCUT2D eigenvalue weighted by atomic mass is 16.5. The number of ether oxygens (including phenoxy) is 1. The summed E-state index contributed by atoms with van der Waals surface area (Å²) >= 11 is 0. The van der Waals surface area contributed by atoms with Gasteiger partial charge in [0.2, 0.25) is 5.91 Å². The van der Waals surface area contributed by atoms with Crippen LogP contribution in [0.2, 0.25) is 0 Å². The van der Waals surface area contributed by atoms with Crippen molar-refractivity contribution in [2.75, 3.05) is 26.2 Å². The van der Waals surface area contributed by atoms with Crippen LogP contribution in [0.25, 0.3) is 0 Å². The minimum Gasteiger partial charge on any atom is -0.375 e. The highest BCUT2D eigenvalue weighted by molar-refractivity contribution is 5.84. The van der Waals surface area contributed by atoms with Crippen LogP contribution in [-0.2, 0) is 9.53 Å². The fourth-order valence-electron chi connectivity index (χ4n) is 3.62. The Balaban J connectivity index is 1.80. The molecule has 2 aliphatic rings. The van der Waals surface area contributed by atoms with Crippen molar-refractivity contribution in [3.63, 3.8) is 0 Å². The number of nitrogens with one attached hydrogen (secondary N) is 1. The highest BCUT2D eigenvalue weighted by Gasteiger charge is 2.36. The van der Waals surface area contributed by atoms with Gasteiger partial charge in [-0.15, -0.1) is 0 Å². The maximum atomic E-state index is 11.7. The SMILES string of the molecule is CCCNC(C)(CCCN1CCOC2CCCC21)C(N)=O. The van der Waals surface area contributed by atoms with Crippen LogP contribution >= 0.6 is 0 Å². The molecule has 3 N–H and O–H groups in total. The summed E-state index contributed by atoms with van der Waals surface area (Å²) in [7, 11) is 0. The lowest BCUT2D eigenvalue weighted by molar-refractivity contribution is -0.124. The molecule has 1 aliphatic heterocycles. The Kier molecular flexibility index (Phi) is 6.02. The second kappa shape index (κ2) is 7.56. The zero-order valence-electron chi connectivity index (χ0n) is 13.6. The zero-order chi connectivity index (χ0) is 15.3. The van der Waals surface area contributed by atoms with Crippen molar-refractivity contribution < 1.29 is 9.53 Å². The fraction of sp³-hybridized carbons (Fsp3) is 0.938. The number of nitrogens with zero attached hydrogens (tertiary/aromatic N) is 1. The lowest BCUT2D eigenvalue weighted by Gasteiger charge is -2.38. The standard InChI is InChI=1S/C16H31N3O2/c1-3-9-18-16(2,15(17)20)8-5-10-19-11-12-21-14-7-4-6-13(14)19/h13-14,18H,3-12H2,1-2H3,(H2,17,20). The van der Waals surface area contributed by atoms with Crippen LogP contribution in [0.15, 0.2) is 0 Å². The van der Waals surface area contributed by atoms with E-state index >= 15 is 0 Å². The number of carbonyl (C=O) groups excluding carboxylic acids is 1. The van der Waals surface area contributed by atoms with Crippen LogP contribution < -0.4 is 11.1 Å². The van der Waals surface area contributed by atoms with Gasteiger partial charge < -0.3 is 15.8 Å². The average molecular weight is 297 g/mol. The van der Waals surface area contributed by atoms with Crippen LogP contribution in [-0.4, -0.2) is 54.7 Å². The molecule has 0 aromatic rings. The number of amides is 1. The number of fused-ring (bicyclic) bond motifs is 1. The van der Waals surface area contributed by atoms with Crippen LogP contribution in [0, 0.1) is 0 Å². The first kappa shape index (κ1) is 16.7. The van der Waals surface area contributed by atoms with E-state index in [0.717, 1.165) is 45.5 Å². The summed E-state index contributed by atoms with van der Waals surface area (Å²) in [6, 6.07) is 0.599. The van der Waals surface area contributed by atoms with E-state index in [-0.39, 0.29) is 5.91 Å². The van der Waals surface area contributed by atoms with Gasteiger partial charge in [0, 0.05) is 12.6 Å². The first-order valence-electron chi connectivity index (χ1n) is 8.47. The van der Waals surface area contributed by atoms with Gasteiger partial charge in [-0.3, -0.25) is 9.69 Å². The molecular weight excluding hydrogens is 266 g/mol. The molecule has 1 heterocycles. The van der Waals surface area contributed by atoms with Crippen molar-refractivity contribution in [3.8, 4) is 0 Å². The molecule has 3 atom stereocenters. The van der Waals surface area contributed by atoms with Crippen molar-refractivity contribution in [1.82, 2.24) is 10.2 Å². The summed E-state index contributed by atoms with van der Waals surface area (Å²) in [4.78, 5) is 14.3. The third-order valence-electron chi connectivity index (χ3n) is 5.03. The first-order chi connectivity index (χ1) is 10.1. The lowest BCUT2D eigenvalue weighted by atomic mass is 9.94. The van der Waals surface area contributed by atoms with E-state index in [4.69, 9.17) is 10.5 Å². The lowest BCUT2D eigenvalue weighted by Crippen LogP contribution is -2.54. The van der Waals surface area contributed by atoms with E-state index in [9.17, 15) is 4.79 Å². The molecule has 5 nitrogen and oxygen atoms in total. The Bertz CT molecular complexity index is 350. The predicted molar refractivity (Wildman–Crippen MR) is 84.1 cm³/mol. The Labute approximate surface area is 128 Å². The molecule has 0 radical (unpaired) electrons. The van der Waals surface area contributed by atoms with Crippen LogP contribution in [0.3, 0.4) is 0 Å². The van der Waals surface area contributed by atoms with Crippen LogP contribution in [0.1, 0.15) is 52.4 Å². The van der Waals surface area contributed by atoms with E-state index < -0.39 is 5.54 Å². The molecule has 0 bridgehead atoms. The van der Waals surface area contributed by atoms with Crippen molar-refractivity contribution in [3.05, 3.63) is 0 Å². The van der Waals surface area contributed by atoms with Crippen LogP contribution in [0.5, 0.6) is 0 Å². The van der Waals surface area contributed by atoms with Crippen molar-refractivity contribution in [2.24, 2.45) is 5.73 Å². The second-order valence-electron chi connectivity index (χ2n) is 6.67. The smallest absolute Gasteiger partial charge is 0.237 e.